The van der Waals surface area contributed by atoms with Crippen LogP contribution in [0.25, 0.3) is 5.65 Å². The largest absolute Gasteiger partial charge is 0.324 e. The summed E-state index contributed by atoms with van der Waals surface area (Å²) in [6.45, 7) is 1.56. The third kappa shape index (κ3) is 2.44. The number of amides is 2. The van der Waals surface area contributed by atoms with E-state index in [0.29, 0.717) is 11.9 Å². The lowest BCUT2D eigenvalue weighted by Gasteiger charge is -2.42. The summed E-state index contributed by atoms with van der Waals surface area (Å²) >= 11 is 0. The third-order valence-corrected chi connectivity index (χ3v) is 5.95. The second-order valence-corrected chi connectivity index (χ2v) is 7.43. The zero-order valence-corrected chi connectivity index (χ0v) is 14.5. The average Bonchev–Trinajstić information content (AvgIpc) is 3.23. The standard InChI is InChI=1S/C20H21N5O/c26-19(22-18-21-17-9-4-5-12-25(17)23-18)24-13-16(15-7-2-1-3-8-15)20(14-24)10-6-11-20/h1-5,7-9,12,16H,6,10-11,13-14H2,(H,22,23,26). The molecule has 6 nitrogen and oxygen atoms in total. The fourth-order valence-electron chi connectivity index (χ4n) is 4.46. The van der Waals surface area contributed by atoms with Gasteiger partial charge in [0.1, 0.15) is 0 Å². The Labute approximate surface area is 151 Å². The number of carbonyl (C=O) groups excluding carboxylic acids is 1. The zero-order valence-electron chi connectivity index (χ0n) is 14.5. The van der Waals surface area contributed by atoms with Crippen molar-refractivity contribution in [1.82, 2.24) is 19.5 Å². The lowest BCUT2D eigenvalue weighted by atomic mass is 9.61. The smallest absolute Gasteiger partial charge is 0.323 e. The Kier molecular flexibility index (Phi) is 3.45. The number of hydrogen-bond acceptors (Lipinski definition) is 3. The Hall–Kier alpha value is -2.89. The molecule has 26 heavy (non-hydrogen) atoms. The molecule has 2 aromatic heterocycles. The van der Waals surface area contributed by atoms with Crippen LogP contribution in [0.3, 0.4) is 0 Å². The monoisotopic (exact) mass is 347 g/mol. The summed E-state index contributed by atoms with van der Waals surface area (Å²) in [7, 11) is 0. The molecule has 1 unspecified atom stereocenters. The van der Waals surface area contributed by atoms with Crippen LogP contribution in [-0.2, 0) is 0 Å². The van der Waals surface area contributed by atoms with Gasteiger partial charge < -0.3 is 4.90 Å². The maximum absolute atomic E-state index is 12.8. The molecule has 1 aliphatic heterocycles. The molecule has 1 saturated carbocycles. The van der Waals surface area contributed by atoms with Crippen LogP contribution in [0.2, 0.25) is 0 Å². The van der Waals surface area contributed by atoms with Crippen molar-refractivity contribution in [1.29, 1.82) is 0 Å². The first kappa shape index (κ1) is 15.4. The highest BCUT2D eigenvalue weighted by Gasteiger charge is 2.51. The first-order chi connectivity index (χ1) is 12.7. The summed E-state index contributed by atoms with van der Waals surface area (Å²) < 4.78 is 1.67. The molecule has 132 valence electrons. The van der Waals surface area contributed by atoms with E-state index in [9.17, 15) is 4.79 Å². The molecule has 0 radical (unpaired) electrons. The average molecular weight is 347 g/mol. The normalized spacial score (nSPS) is 21.1. The number of hydrogen-bond donors (Lipinski definition) is 1. The van der Waals surface area contributed by atoms with E-state index >= 15 is 0 Å². The molecule has 5 rings (SSSR count). The van der Waals surface area contributed by atoms with E-state index in [1.807, 2.05) is 35.4 Å². The van der Waals surface area contributed by atoms with Gasteiger partial charge in [-0.25, -0.2) is 9.31 Å². The Morgan fingerprint density at radius 1 is 1.12 bits per heavy atom. The summed E-state index contributed by atoms with van der Waals surface area (Å²) in [5.41, 5.74) is 2.31. The van der Waals surface area contributed by atoms with E-state index in [1.165, 1.54) is 24.8 Å². The summed E-state index contributed by atoms with van der Waals surface area (Å²) in [5.74, 6) is 0.768. The molecular formula is C20H21N5O. The minimum atomic E-state index is -0.106. The van der Waals surface area contributed by atoms with Crippen molar-refractivity contribution in [2.75, 3.05) is 18.4 Å². The minimum absolute atomic E-state index is 0.106. The molecule has 1 saturated heterocycles. The van der Waals surface area contributed by atoms with E-state index in [1.54, 1.807) is 4.52 Å². The van der Waals surface area contributed by atoms with Crippen LogP contribution < -0.4 is 5.32 Å². The number of fused-ring (bicyclic) bond motifs is 1. The Morgan fingerprint density at radius 3 is 2.65 bits per heavy atom. The molecule has 0 bridgehead atoms. The molecular weight excluding hydrogens is 326 g/mol. The van der Waals surface area contributed by atoms with E-state index in [2.05, 4.69) is 39.7 Å². The number of carbonyl (C=O) groups is 1. The van der Waals surface area contributed by atoms with Crippen molar-refractivity contribution in [2.24, 2.45) is 5.41 Å². The molecule has 2 fully saturated rings. The number of aromatic nitrogens is 3. The number of rotatable bonds is 2. The van der Waals surface area contributed by atoms with Crippen molar-refractivity contribution in [3.63, 3.8) is 0 Å². The molecule has 1 N–H and O–H groups in total. The SMILES string of the molecule is O=C(Nc1nc2ccccn2n1)N1CC(c2ccccc2)C2(CCC2)C1. The fraction of sp³-hybridized carbons (Fsp3) is 0.350. The van der Waals surface area contributed by atoms with E-state index in [0.717, 1.165) is 18.7 Å². The highest BCUT2D eigenvalue weighted by Crippen LogP contribution is 2.55. The molecule has 3 heterocycles. The molecule has 3 aromatic rings. The zero-order chi connectivity index (χ0) is 17.6. The second-order valence-electron chi connectivity index (χ2n) is 7.43. The van der Waals surface area contributed by atoms with Crippen molar-refractivity contribution < 1.29 is 4.79 Å². The lowest BCUT2D eigenvalue weighted by Crippen LogP contribution is -2.39. The maximum atomic E-state index is 12.8. The van der Waals surface area contributed by atoms with Gasteiger partial charge in [0.05, 0.1) is 0 Å². The predicted molar refractivity (Wildman–Crippen MR) is 99.0 cm³/mol. The van der Waals surface area contributed by atoms with Crippen LogP contribution in [0, 0.1) is 5.41 Å². The van der Waals surface area contributed by atoms with Crippen LogP contribution >= 0.6 is 0 Å². The molecule has 1 aromatic carbocycles. The topological polar surface area (TPSA) is 62.5 Å². The van der Waals surface area contributed by atoms with Crippen LogP contribution in [-0.4, -0.2) is 38.6 Å². The molecule has 1 aliphatic carbocycles. The number of benzene rings is 1. The van der Waals surface area contributed by atoms with Crippen LogP contribution in [0.4, 0.5) is 10.7 Å². The molecule has 2 amide bonds. The van der Waals surface area contributed by atoms with Gasteiger partial charge in [-0.05, 0) is 36.0 Å². The Bertz CT molecular complexity index is 914. The van der Waals surface area contributed by atoms with E-state index in [-0.39, 0.29) is 11.4 Å². The highest BCUT2D eigenvalue weighted by atomic mass is 16.2. The van der Waals surface area contributed by atoms with Crippen molar-refractivity contribution in [3.05, 3.63) is 60.3 Å². The summed E-state index contributed by atoms with van der Waals surface area (Å²) in [6.07, 6.45) is 5.47. The van der Waals surface area contributed by atoms with Gasteiger partial charge >= 0.3 is 6.03 Å². The first-order valence-corrected chi connectivity index (χ1v) is 9.16. The first-order valence-electron chi connectivity index (χ1n) is 9.16. The number of pyridine rings is 1. The fourth-order valence-corrected chi connectivity index (χ4v) is 4.46. The van der Waals surface area contributed by atoms with Crippen molar-refractivity contribution in [2.45, 2.75) is 25.2 Å². The van der Waals surface area contributed by atoms with E-state index < -0.39 is 0 Å². The van der Waals surface area contributed by atoms with Crippen LogP contribution in [0.5, 0.6) is 0 Å². The summed E-state index contributed by atoms with van der Waals surface area (Å²) in [5, 5.41) is 7.19. The van der Waals surface area contributed by atoms with Gasteiger partial charge in [-0.3, -0.25) is 5.32 Å². The molecule has 2 aliphatic rings. The number of urea groups is 1. The Balaban J connectivity index is 1.36. The Morgan fingerprint density at radius 2 is 1.92 bits per heavy atom. The number of nitrogens with zero attached hydrogens (tertiary/aromatic N) is 4. The van der Waals surface area contributed by atoms with Gasteiger partial charge in [0.2, 0.25) is 0 Å². The van der Waals surface area contributed by atoms with Crippen molar-refractivity contribution in [3.8, 4) is 0 Å². The molecule has 1 atom stereocenters. The minimum Gasteiger partial charge on any atom is -0.323 e. The third-order valence-electron chi connectivity index (χ3n) is 5.95. The lowest BCUT2D eigenvalue weighted by molar-refractivity contribution is 0.125. The van der Waals surface area contributed by atoms with Crippen molar-refractivity contribution >= 4 is 17.6 Å². The quantitative estimate of drug-likeness (QED) is 0.771. The van der Waals surface area contributed by atoms with Gasteiger partial charge in [0.25, 0.3) is 5.95 Å². The summed E-state index contributed by atoms with van der Waals surface area (Å²) in [4.78, 5) is 19.1. The van der Waals surface area contributed by atoms with Gasteiger partial charge in [-0.15, -0.1) is 5.10 Å². The number of nitrogens with one attached hydrogen (secondary N) is 1. The van der Waals surface area contributed by atoms with Crippen LogP contribution in [0.15, 0.2) is 54.7 Å². The number of likely N-dealkylation sites (tertiary alicyclic amines) is 1. The highest BCUT2D eigenvalue weighted by molar-refractivity contribution is 5.88. The number of anilines is 1. The van der Waals surface area contributed by atoms with Gasteiger partial charge in [0.15, 0.2) is 5.65 Å². The second kappa shape index (κ2) is 5.83. The molecule has 1 spiro atoms. The van der Waals surface area contributed by atoms with Gasteiger partial charge in [-0.1, -0.05) is 42.8 Å². The van der Waals surface area contributed by atoms with Gasteiger partial charge in [0, 0.05) is 25.2 Å². The van der Waals surface area contributed by atoms with Gasteiger partial charge in [-0.2, -0.15) is 4.98 Å². The molecule has 6 heteroatoms. The van der Waals surface area contributed by atoms with E-state index in [4.69, 9.17) is 0 Å². The predicted octanol–water partition coefficient (Wildman–Crippen LogP) is 3.53. The maximum Gasteiger partial charge on any atom is 0.324 e. The summed E-state index contributed by atoms with van der Waals surface area (Å²) in [6, 6.07) is 16.2. The van der Waals surface area contributed by atoms with Crippen LogP contribution in [0.1, 0.15) is 30.7 Å².